The van der Waals surface area contributed by atoms with Gasteiger partial charge in [0.1, 0.15) is 22.5 Å². The van der Waals surface area contributed by atoms with E-state index in [1.807, 2.05) is 12.1 Å². The predicted octanol–water partition coefficient (Wildman–Crippen LogP) is 2.28. The number of hydrogen-bond acceptors (Lipinski definition) is 3. The Balaban J connectivity index is 3.00. The van der Waals surface area contributed by atoms with Crippen LogP contribution in [0.1, 0.15) is 12.6 Å². The summed E-state index contributed by atoms with van der Waals surface area (Å²) in [4.78, 5) is 16.0. The zero-order valence-corrected chi connectivity index (χ0v) is 11.1. The Morgan fingerprint density at radius 1 is 1.53 bits per heavy atom. The molecule has 0 aromatic carbocycles. The SMILES string of the molecule is CN(C)C(C)(O[P+]([O-])(Cl)Cl)c1ccc[nH]1. The lowest BCUT2D eigenvalue weighted by Gasteiger charge is -2.35. The number of rotatable bonds is 4. The van der Waals surface area contributed by atoms with Gasteiger partial charge in [0.2, 0.25) is 5.72 Å². The third kappa shape index (κ3) is 3.31. The topological polar surface area (TPSA) is 51.3 Å². The standard InChI is InChI=1S/C8H13Cl2N2O2P/c1-8(12(2)3,14-15(9,10)13)7-5-4-6-11-7/h4-6,11H,1-3H3. The first-order valence-corrected chi connectivity index (χ1v) is 7.70. The van der Waals surface area contributed by atoms with Gasteiger partial charge in [0.05, 0.1) is 5.69 Å². The Morgan fingerprint density at radius 3 is 2.47 bits per heavy atom. The quantitative estimate of drug-likeness (QED) is 0.675. The molecule has 0 amide bonds. The molecule has 15 heavy (non-hydrogen) atoms. The molecule has 0 spiro atoms. The normalized spacial score (nSPS) is 16.7. The van der Waals surface area contributed by atoms with E-state index in [4.69, 9.17) is 27.0 Å². The molecule has 1 unspecified atom stereocenters. The van der Waals surface area contributed by atoms with Crippen molar-refractivity contribution in [2.24, 2.45) is 0 Å². The Hall–Kier alpha value is 0.170. The number of H-pyrrole nitrogens is 1. The molecule has 0 aliphatic carbocycles. The molecule has 1 aromatic heterocycles. The zero-order valence-electron chi connectivity index (χ0n) is 8.70. The molecule has 4 nitrogen and oxygen atoms in total. The minimum absolute atomic E-state index is 0.731. The average molecular weight is 271 g/mol. The maximum Gasteiger partial charge on any atom is 0.307 e. The first-order valence-electron chi connectivity index (χ1n) is 4.27. The molecule has 0 saturated carbocycles. The van der Waals surface area contributed by atoms with Crippen LogP contribution < -0.4 is 4.89 Å². The van der Waals surface area contributed by atoms with Crippen molar-refractivity contribution >= 4 is 28.9 Å². The lowest BCUT2D eigenvalue weighted by atomic mass is 10.1. The highest BCUT2D eigenvalue weighted by Crippen LogP contribution is 2.65. The Labute approximate surface area is 99.2 Å². The van der Waals surface area contributed by atoms with Crippen LogP contribution in [0.15, 0.2) is 18.3 Å². The van der Waals surface area contributed by atoms with E-state index in [-0.39, 0.29) is 0 Å². The van der Waals surface area contributed by atoms with Gasteiger partial charge >= 0.3 is 6.42 Å². The molecule has 1 atom stereocenters. The van der Waals surface area contributed by atoms with Crippen LogP contribution in [0.3, 0.4) is 0 Å². The molecule has 1 aromatic rings. The van der Waals surface area contributed by atoms with Gasteiger partial charge in [0.15, 0.2) is 0 Å². The Bertz CT molecular complexity index is 313. The minimum atomic E-state index is -3.60. The van der Waals surface area contributed by atoms with Crippen molar-refractivity contribution in [1.29, 1.82) is 0 Å². The van der Waals surface area contributed by atoms with Crippen LogP contribution >= 0.6 is 28.9 Å². The fourth-order valence-electron chi connectivity index (χ4n) is 1.20. The van der Waals surface area contributed by atoms with Gasteiger partial charge < -0.3 is 9.88 Å². The number of nitrogens with zero attached hydrogens (tertiary/aromatic N) is 1. The minimum Gasteiger partial charge on any atom is -0.627 e. The molecule has 0 aliphatic rings. The number of aromatic nitrogens is 1. The van der Waals surface area contributed by atoms with E-state index in [9.17, 15) is 4.89 Å². The van der Waals surface area contributed by atoms with Crippen molar-refractivity contribution in [3.8, 4) is 0 Å². The van der Waals surface area contributed by atoms with Crippen LogP contribution in [0.2, 0.25) is 0 Å². The second kappa shape index (κ2) is 4.58. The van der Waals surface area contributed by atoms with Gasteiger partial charge in [-0.2, -0.15) is 4.52 Å². The largest absolute Gasteiger partial charge is 0.627 e. The summed E-state index contributed by atoms with van der Waals surface area (Å²) in [5.41, 5.74) is -0.211. The molecule has 0 aliphatic heterocycles. The molecule has 0 bridgehead atoms. The van der Waals surface area contributed by atoms with Crippen LogP contribution in [0.25, 0.3) is 0 Å². The number of nitrogens with one attached hydrogen (secondary N) is 1. The maximum absolute atomic E-state index is 11.3. The monoisotopic (exact) mass is 270 g/mol. The number of halogens is 2. The summed E-state index contributed by atoms with van der Waals surface area (Å²) in [7, 11) is 3.56. The van der Waals surface area contributed by atoms with Crippen molar-refractivity contribution in [1.82, 2.24) is 9.88 Å². The summed E-state index contributed by atoms with van der Waals surface area (Å²) in [6.45, 7) is 1.73. The van der Waals surface area contributed by atoms with E-state index in [0.717, 1.165) is 5.69 Å². The van der Waals surface area contributed by atoms with Gasteiger partial charge in [0, 0.05) is 6.20 Å². The third-order valence-electron chi connectivity index (χ3n) is 2.24. The average Bonchev–Trinajstić information content (AvgIpc) is 2.51. The summed E-state index contributed by atoms with van der Waals surface area (Å²) in [6.07, 6.45) is -1.86. The van der Waals surface area contributed by atoms with E-state index < -0.39 is 12.1 Å². The molecule has 0 fully saturated rings. The summed E-state index contributed by atoms with van der Waals surface area (Å²) < 4.78 is 5.21. The van der Waals surface area contributed by atoms with Crippen molar-refractivity contribution < 1.29 is 9.42 Å². The third-order valence-corrected chi connectivity index (χ3v) is 3.22. The van der Waals surface area contributed by atoms with E-state index >= 15 is 0 Å². The summed E-state index contributed by atoms with van der Waals surface area (Å²) in [6, 6.07) is 3.62. The van der Waals surface area contributed by atoms with Gasteiger partial charge in [0.25, 0.3) is 0 Å². The summed E-state index contributed by atoms with van der Waals surface area (Å²) in [5.74, 6) is 0. The molecule has 0 radical (unpaired) electrons. The molecule has 7 heteroatoms. The lowest BCUT2D eigenvalue weighted by molar-refractivity contribution is -0.200. The number of aromatic amines is 1. The van der Waals surface area contributed by atoms with Crippen LogP contribution in [0.5, 0.6) is 0 Å². The van der Waals surface area contributed by atoms with Crippen molar-refractivity contribution in [2.45, 2.75) is 12.6 Å². The molecule has 1 N–H and O–H groups in total. The second-order valence-corrected chi connectivity index (χ2v) is 7.67. The molecular formula is C8H13Cl2N2O2P. The van der Waals surface area contributed by atoms with Gasteiger partial charge in [-0.1, -0.05) is 0 Å². The van der Waals surface area contributed by atoms with E-state index in [2.05, 4.69) is 4.98 Å². The van der Waals surface area contributed by atoms with E-state index in [1.54, 1.807) is 32.1 Å². The highest BCUT2D eigenvalue weighted by Gasteiger charge is 2.42. The molecule has 0 saturated heterocycles. The second-order valence-electron chi connectivity index (χ2n) is 3.47. The maximum atomic E-state index is 11.3. The smallest absolute Gasteiger partial charge is 0.307 e. The zero-order chi connectivity index (χ0) is 11.7. The van der Waals surface area contributed by atoms with Crippen molar-refractivity contribution in [3.05, 3.63) is 24.0 Å². The number of hydrogen-bond donors (Lipinski definition) is 1. The Kier molecular flexibility index (Phi) is 4.04. The van der Waals surface area contributed by atoms with Crippen LogP contribution in [0.4, 0.5) is 0 Å². The molecule has 86 valence electrons. The van der Waals surface area contributed by atoms with Gasteiger partial charge in [-0.15, -0.1) is 0 Å². The van der Waals surface area contributed by atoms with Crippen molar-refractivity contribution in [3.63, 3.8) is 0 Å². The fourth-order valence-corrected chi connectivity index (χ4v) is 2.68. The van der Waals surface area contributed by atoms with Gasteiger partial charge in [-0.05, 0) is 33.2 Å². The van der Waals surface area contributed by atoms with Crippen LogP contribution in [-0.2, 0) is 10.2 Å². The van der Waals surface area contributed by atoms with Crippen molar-refractivity contribution in [2.75, 3.05) is 14.1 Å². The highest BCUT2D eigenvalue weighted by molar-refractivity contribution is 8.09. The first kappa shape index (κ1) is 13.2. The summed E-state index contributed by atoms with van der Waals surface area (Å²) in [5, 5.41) is 0. The first-order chi connectivity index (χ1) is 6.76. The Morgan fingerprint density at radius 2 is 2.13 bits per heavy atom. The van der Waals surface area contributed by atoms with Crippen LogP contribution in [-0.4, -0.2) is 24.0 Å². The molecule has 1 heterocycles. The molecular weight excluding hydrogens is 258 g/mol. The van der Waals surface area contributed by atoms with Crippen LogP contribution in [0, 0.1) is 0 Å². The molecule has 1 rings (SSSR count). The summed E-state index contributed by atoms with van der Waals surface area (Å²) >= 11 is 10.9. The predicted molar refractivity (Wildman–Crippen MR) is 61.5 cm³/mol. The fraction of sp³-hybridized carbons (Fsp3) is 0.500. The lowest BCUT2D eigenvalue weighted by Crippen LogP contribution is -2.41. The van der Waals surface area contributed by atoms with E-state index in [0.29, 0.717) is 0 Å². The highest BCUT2D eigenvalue weighted by atomic mass is 35.9. The van der Waals surface area contributed by atoms with Gasteiger partial charge in [-0.3, -0.25) is 4.90 Å². The van der Waals surface area contributed by atoms with Gasteiger partial charge in [-0.25, -0.2) is 0 Å². The van der Waals surface area contributed by atoms with E-state index in [1.165, 1.54) is 0 Å².